The molecule has 0 aromatic carbocycles. The molecule has 4 nitrogen and oxygen atoms in total. The van der Waals surface area contributed by atoms with Crippen molar-refractivity contribution in [3.8, 4) is 0 Å². The lowest BCUT2D eigenvalue weighted by Gasteiger charge is -2.45. The molecule has 1 aliphatic carbocycles. The molecule has 0 aromatic heterocycles. The molecule has 122 valence electrons. The monoisotopic (exact) mass is 298 g/mol. The fraction of sp³-hybridized carbons (Fsp3) is 0.941. The smallest absolute Gasteiger partial charge is 0.306 e. The summed E-state index contributed by atoms with van der Waals surface area (Å²) < 4.78 is 17.2. The first kappa shape index (κ1) is 16.8. The van der Waals surface area contributed by atoms with Gasteiger partial charge < -0.3 is 14.2 Å². The highest BCUT2D eigenvalue weighted by Gasteiger charge is 2.41. The van der Waals surface area contributed by atoms with Crippen molar-refractivity contribution in [2.24, 2.45) is 11.3 Å². The number of carbonyl (C=O) groups is 1. The van der Waals surface area contributed by atoms with Crippen molar-refractivity contribution in [2.75, 3.05) is 13.2 Å². The van der Waals surface area contributed by atoms with Crippen LogP contribution < -0.4 is 0 Å². The number of esters is 1. The van der Waals surface area contributed by atoms with Gasteiger partial charge in [-0.25, -0.2) is 0 Å². The molecule has 4 heteroatoms. The van der Waals surface area contributed by atoms with E-state index in [1.54, 1.807) is 0 Å². The predicted molar refractivity (Wildman–Crippen MR) is 80.8 cm³/mol. The van der Waals surface area contributed by atoms with Gasteiger partial charge in [0.05, 0.1) is 13.2 Å². The minimum absolute atomic E-state index is 0.0237. The van der Waals surface area contributed by atoms with Crippen LogP contribution in [0.4, 0.5) is 0 Å². The molecule has 2 aliphatic rings. The lowest BCUT2D eigenvalue weighted by Crippen LogP contribution is -2.46. The topological polar surface area (TPSA) is 44.8 Å². The van der Waals surface area contributed by atoms with Gasteiger partial charge in [0.2, 0.25) is 0 Å². The average molecular weight is 298 g/mol. The summed E-state index contributed by atoms with van der Waals surface area (Å²) in [7, 11) is 0. The maximum absolute atomic E-state index is 11.6. The zero-order chi connectivity index (χ0) is 15.3. The lowest BCUT2D eigenvalue weighted by molar-refractivity contribution is -0.240. The second kappa shape index (κ2) is 7.59. The molecule has 0 radical (unpaired) electrons. The van der Waals surface area contributed by atoms with Gasteiger partial charge in [-0.2, -0.15) is 0 Å². The number of ether oxygens (including phenoxy) is 3. The second-order valence-electron chi connectivity index (χ2n) is 6.83. The first-order valence-electron chi connectivity index (χ1n) is 8.50. The fourth-order valence-corrected chi connectivity index (χ4v) is 3.45. The van der Waals surface area contributed by atoms with Crippen LogP contribution in [0.25, 0.3) is 0 Å². The highest BCUT2D eigenvalue weighted by Crippen LogP contribution is 2.42. The van der Waals surface area contributed by atoms with Crippen LogP contribution in [0, 0.1) is 11.3 Å². The Morgan fingerprint density at radius 1 is 1.14 bits per heavy atom. The summed E-state index contributed by atoms with van der Waals surface area (Å²) in [5, 5.41) is 0. The van der Waals surface area contributed by atoms with Crippen molar-refractivity contribution in [1.29, 1.82) is 0 Å². The Balaban J connectivity index is 1.77. The van der Waals surface area contributed by atoms with Gasteiger partial charge in [-0.05, 0) is 44.4 Å². The molecule has 1 aliphatic heterocycles. The molecule has 0 unspecified atom stereocenters. The van der Waals surface area contributed by atoms with Crippen LogP contribution in [0.1, 0.15) is 65.7 Å². The Morgan fingerprint density at radius 2 is 1.76 bits per heavy atom. The molecular formula is C17H30O4. The van der Waals surface area contributed by atoms with Crippen LogP contribution in [0.3, 0.4) is 0 Å². The first-order chi connectivity index (χ1) is 10.1. The summed E-state index contributed by atoms with van der Waals surface area (Å²) in [6, 6.07) is 0. The highest BCUT2D eigenvalue weighted by atomic mass is 16.7. The van der Waals surface area contributed by atoms with Gasteiger partial charge in [-0.3, -0.25) is 4.79 Å². The Labute approximate surface area is 128 Å². The van der Waals surface area contributed by atoms with Gasteiger partial charge >= 0.3 is 5.97 Å². The molecular weight excluding hydrogens is 268 g/mol. The zero-order valence-electron chi connectivity index (χ0n) is 13.7. The molecule has 21 heavy (non-hydrogen) atoms. The summed E-state index contributed by atoms with van der Waals surface area (Å²) in [4.78, 5) is 11.6. The van der Waals surface area contributed by atoms with Gasteiger partial charge in [-0.1, -0.05) is 20.8 Å². The Kier molecular flexibility index (Phi) is 6.06. The lowest BCUT2D eigenvalue weighted by atomic mass is 9.70. The van der Waals surface area contributed by atoms with E-state index in [9.17, 15) is 4.79 Å². The van der Waals surface area contributed by atoms with Gasteiger partial charge in [0.25, 0.3) is 0 Å². The third kappa shape index (κ3) is 4.43. The molecule has 0 spiro atoms. The molecule has 0 bridgehead atoms. The number of rotatable bonds is 5. The molecule has 2 rings (SSSR count). The standard InChI is InChI=1S/C17H30O4/c1-4-6-15(18)21-14-9-7-13(8-10-14)17(3)11-19-16(5-2)20-12-17/h13-14,16H,4-12H2,1-3H3. The molecule has 1 heterocycles. The Bertz CT molecular complexity index is 326. The quantitative estimate of drug-likeness (QED) is 0.726. The van der Waals surface area contributed by atoms with Crippen molar-refractivity contribution >= 4 is 5.97 Å². The third-order valence-electron chi connectivity index (χ3n) is 4.94. The van der Waals surface area contributed by atoms with Crippen LogP contribution in [0.5, 0.6) is 0 Å². The summed E-state index contributed by atoms with van der Waals surface area (Å²) in [6.45, 7) is 7.94. The minimum Gasteiger partial charge on any atom is -0.462 e. The van der Waals surface area contributed by atoms with Crippen LogP contribution >= 0.6 is 0 Å². The molecule has 1 saturated heterocycles. The molecule has 2 fully saturated rings. The van der Waals surface area contributed by atoms with Crippen LogP contribution in [0.15, 0.2) is 0 Å². The summed E-state index contributed by atoms with van der Waals surface area (Å²) >= 11 is 0. The van der Waals surface area contributed by atoms with Crippen LogP contribution in [-0.2, 0) is 19.0 Å². The van der Waals surface area contributed by atoms with Crippen LogP contribution in [0.2, 0.25) is 0 Å². The van der Waals surface area contributed by atoms with Gasteiger partial charge in [0.1, 0.15) is 6.10 Å². The van der Waals surface area contributed by atoms with E-state index < -0.39 is 0 Å². The van der Waals surface area contributed by atoms with E-state index in [-0.39, 0.29) is 23.8 Å². The predicted octanol–water partition coefficient (Wildman–Crippen LogP) is 3.68. The van der Waals surface area contributed by atoms with E-state index in [1.165, 1.54) is 0 Å². The summed E-state index contributed by atoms with van der Waals surface area (Å²) in [5.41, 5.74) is 0.115. The van der Waals surface area contributed by atoms with Gasteiger partial charge in [0.15, 0.2) is 6.29 Å². The molecule has 1 saturated carbocycles. The van der Waals surface area contributed by atoms with E-state index in [4.69, 9.17) is 14.2 Å². The van der Waals surface area contributed by atoms with Crippen molar-refractivity contribution in [2.45, 2.75) is 78.1 Å². The minimum atomic E-state index is -0.0396. The van der Waals surface area contributed by atoms with Crippen molar-refractivity contribution in [3.63, 3.8) is 0 Å². The number of hydrogen-bond donors (Lipinski definition) is 0. The maximum Gasteiger partial charge on any atom is 0.306 e. The van der Waals surface area contributed by atoms with Gasteiger partial charge in [0, 0.05) is 11.8 Å². The van der Waals surface area contributed by atoms with E-state index >= 15 is 0 Å². The second-order valence-corrected chi connectivity index (χ2v) is 6.83. The zero-order valence-corrected chi connectivity index (χ0v) is 13.7. The van der Waals surface area contributed by atoms with E-state index in [0.29, 0.717) is 12.3 Å². The number of hydrogen-bond acceptors (Lipinski definition) is 4. The fourth-order valence-electron chi connectivity index (χ4n) is 3.45. The largest absolute Gasteiger partial charge is 0.462 e. The molecule has 0 amide bonds. The first-order valence-corrected chi connectivity index (χ1v) is 8.50. The Morgan fingerprint density at radius 3 is 2.29 bits per heavy atom. The van der Waals surface area contributed by atoms with Crippen molar-refractivity contribution in [1.82, 2.24) is 0 Å². The summed E-state index contributed by atoms with van der Waals surface area (Å²) in [5.74, 6) is 0.568. The van der Waals surface area contributed by atoms with Crippen LogP contribution in [-0.4, -0.2) is 31.6 Å². The van der Waals surface area contributed by atoms with E-state index in [2.05, 4.69) is 13.8 Å². The van der Waals surface area contributed by atoms with Gasteiger partial charge in [-0.15, -0.1) is 0 Å². The van der Waals surface area contributed by atoms with Crippen molar-refractivity contribution in [3.05, 3.63) is 0 Å². The molecule has 0 atom stereocenters. The molecule has 0 N–H and O–H groups in total. The SMILES string of the molecule is CCCC(=O)OC1CCC(C2(C)COC(CC)OC2)CC1. The Hall–Kier alpha value is -0.610. The highest BCUT2D eigenvalue weighted by molar-refractivity contribution is 5.69. The number of carbonyl (C=O) groups excluding carboxylic acids is 1. The average Bonchev–Trinajstić information content (AvgIpc) is 2.49. The van der Waals surface area contributed by atoms with Crippen molar-refractivity contribution < 1.29 is 19.0 Å². The molecule has 0 aromatic rings. The maximum atomic E-state index is 11.6. The summed E-state index contributed by atoms with van der Waals surface area (Å²) in [6.07, 6.45) is 6.57. The van der Waals surface area contributed by atoms with E-state index in [1.807, 2.05) is 6.92 Å². The van der Waals surface area contributed by atoms with E-state index in [0.717, 1.165) is 51.7 Å². The normalized spacial score (nSPS) is 37.2. The third-order valence-corrected chi connectivity index (χ3v) is 4.94.